The normalized spacial score (nSPS) is 30.3. The predicted octanol–water partition coefficient (Wildman–Crippen LogP) is 5.75. The summed E-state index contributed by atoms with van der Waals surface area (Å²) in [4.78, 5) is 16.7. The highest BCUT2D eigenvalue weighted by atomic mass is 17.1. The van der Waals surface area contributed by atoms with Crippen LogP contribution in [0.25, 0.3) is 0 Å². The van der Waals surface area contributed by atoms with E-state index < -0.39 is 5.60 Å². The van der Waals surface area contributed by atoms with Crippen LogP contribution >= 0.6 is 0 Å². The van der Waals surface area contributed by atoms with Crippen LogP contribution in [0, 0.1) is 5.41 Å². The number of hydrogen-bond acceptors (Lipinski definition) is 4. The molecule has 26 heavy (non-hydrogen) atoms. The van der Waals surface area contributed by atoms with Crippen molar-refractivity contribution in [1.29, 1.82) is 0 Å². The van der Waals surface area contributed by atoms with Gasteiger partial charge in [-0.15, -0.1) is 0 Å². The topological polar surface area (TPSA) is 55.8 Å². The number of carbonyl (C=O) groups is 1. The third-order valence-electron chi connectivity index (χ3n) is 6.02. The van der Waals surface area contributed by atoms with Crippen molar-refractivity contribution in [2.45, 2.75) is 91.3 Å². The number of allylic oxidation sites excluding steroid dienone is 2. The van der Waals surface area contributed by atoms with Gasteiger partial charge in [0.05, 0.1) is 0 Å². The number of esters is 1. The number of fused-ring (bicyclic) bond motifs is 1. The summed E-state index contributed by atoms with van der Waals surface area (Å²) >= 11 is 0. The van der Waals surface area contributed by atoms with Gasteiger partial charge in [-0.3, -0.25) is 10.1 Å². The third kappa shape index (κ3) is 4.66. The van der Waals surface area contributed by atoms with Crippen LogP contribution < -0.4 is 0 Å². The molecule has 4 nitrogen and oxygen atoms in total. The monoisotopic (exact) mass is 362 g/mol. The summed E-state index contributed by atoms with van der Waals surface area (Å²) in [7, 11) is 0. The minimum absolute atomic E-state index is 0.0845. The van der Waals surface area contributed by atoms with Crippen LogP contribution in [0.2, 0.25) is 0 Å². The second-order valence-electron chi connectivity index (χ2n) is 8.70. The fourth-order valence-corrected chi connectivity index (χ4v) is 4.44. The standard InChI is InChI=1S/C22H34O4/c1-15-8-7-9-16(2)14-19(25-17(3)23)20-18(21(4,5)26-24)11-13-22(20,6)12-10-15/h9,19,24H,1,7-8,10-14H2,2-6H3/b16-9+/t19-,22-/m1/s1. The second-order valence-corrected chi connectivity index (χ2v) is 8.70. The van der Waals surface area contributed by atoms with Crippen LogP contribution in [0.1, 0.15) is 79.6 Å². The molecule has 0 aliphatic heterocycles. The molecule has 0 unspecified atom stereocenters. The molecule has 0 aromatic carbocycles. The molecule has 2 rings (SSSR count). The largest absolute Gasteiger partial charge is 0.458 e. The van der Waals surface area contributed by atoms with E-state index in [-0.39, 0.29) is 17.5 Å². The molecule has 2 aliphatic carbocycles. The molecule has 1 N–H and O–H groups in total. The Balaban J connectivity index is 2.58. The lowest BCUT2D eigenvalue weighted by atomic mass is 9.74. The van der Waals surface area contributed by atoms with E-state index in [4.69, 9.17) is 9.62 Å². The quantitative estimate of drug-likeness (QED) is 0.301. The Morgan fingerprint density at radius 1 is 1.31 bits per heavy atom. The van der Waals surface area contributed by atoms with Gasteiger partial charge in [0.2, 0.25) is 0 Å². The van der Waals surface area contributed by atoms with Crippen LogP contribution in [0.5, 0.6) is 0 Å². The maximum Gasteiger partial charge on any atom is 0.303 e. The Hall–Kier alpha value is -1.39. The fourth-order valence-electron chi connectivity index (χ4n) is 4.44. The number of ether oxygens (including phenoxy) is 1. The zero-order chi connectivity index (χ0) is 19.5. The molecule has 0 aromatic heterocycles. The first-order valence-electron chi connectivity index (χ1n) is 9.65. The molecule has 0 heterocycles. The molecule has 2 atom stereocenters. The van der Waals surface area contributed by atoms with Crippen LogP contribution in [0.15, 0.2) is 34.9 Å². The highest BCUT2D eigenvalue weighted by molar-refractivity contribution is 5.66. The van der Waals surface area contributed by atoms with Gasteiger partial charge in [-0.1, -0.05) is 30.7 Å². The van der Waals surface area contributed by atoms with Gasteiger partial charge in [0.1, 0.15) is 11.7 Å². The third-order valence-corrected chi connectivity index (χ3v) is 6.02. The zero-order valence-corrected chi connectivity index (χ0v) is 17.0. The summed E-state index contributed by atoms with van der Waals surface area (Å²) in [5, 5.41) is 9.49. The van der Waals surface area contributed by atoms with Gasteiger partial charge in [0.15, 0.2) is 0 Å². The summed E-state index contributed by atoms with van der Waals surface area (Å²) < 4.78 is 5.81. The van der Waals surface area contributed by atoms with Crippen LogP contribution in [-0.2, 0) is 14.4 Å². The lowest BCUT2D eigenvalue weighted by Gasteiger charge is -2.35. The van der Waals surface area contributed by atoms with Crippen molar-refractivity contribution in [2.75, 3.05) is 0 Å². The van der Waals surface area contributed by atoms with E-state index in [2.05, 4.69) is 26.5 Å². The molecule has 4 heteroatoms. The smallest absolute Gasteiger partial charge is 0.303 e. The second kappa shape index (κ2) is 8.10. The van der Waals surface area contributed by atoms with Crippen molar-refractivity contribution in [3.63, 3.8) is 0 Å². The summed E-state index contributed by atoms with van der Waals surface area (Å²) in [5.74, 6) is -0.272. The first-order chi connectivity index (χ1) is 12.1. The minimum Gasteiger partial charge on any atom is -0.458 e. The molecule has 0 saturated heterocycles. The molecule has 0 spiro atoms. The van der Waals surface area contributed by atoms with Gasteiger partial charge in [-0.05, 0) is 75.9 Å². The van der Waals surface area contributed by atoms with Crippen LogP contribution in [-0.4, -0.2) is 22.9 Å². The highest BCUT2D eigenvalue weighted by Gasteiger charge is 2.46. The first-order valence-corrected chi connectivity index (χ1v) is 9.65. The van der Waals surface area contributed by atoms with Crippen molar-refractivity contribution in [2.24, 2.45) is 5.41 Å². The predicted molar refractivity (Wildman–Crippen MR) is 104 cm³/mol. The molecule has 0 aromatic rings. The molecule has 0 radical (unpaired) electrons. The lowest BCUT2D eigenvalue weighted by molar-refractivity contribution is -0.301. The van der Waals surface area contributed by atoms with Crippen LogP contribution in [0.3, 0.4) is 0 Å². The van der Waals surface area contributed by atoms with Crippen molar-refractivity contribution >= 4 is 5.97 Å². The molecule has 0 bridgehead atoms. The van der Waals surface area contributed by atoms with Gasteiger partial charge in [-0.25, -0.2) is 4.89 Å². The molecular weight excluding hydrogens is 328 g/mol. The Morgan fingerprint density at radius 3 is 2.58 bits per heavy atom. The van der Waals surface area contributed by atoms with E-state index in [1.165, 1.54) is 18.1 Å². The average molecular weight is 363 g/mol. The van der Waals surface area contributed by atoms with Gasteiger partial charge in [0.25, 0.3) is 0 Å². The Kier molecular flexibility index (Phi) is 6.51. The van der Waals surface area contributed by atoms with Gasteiger partial charge >= 0.3 is 5.97 Å². The van der Waals surface area contributed by atoms with E-state index in [1.54, 1.807) is 0 Å². The van der Waals surface area contributed by atoms with E-state index in [1.807, 2.05) is 13.8 Å². The van der Waals surface area contributed by atoms with E-state index >= 15 is 0 Å². The van der Waals surface area contributed by atoms with E-state index in [9.17, 15) is 10.1 Å². The average Bonchev–Trinajstić information content (AvgIpc) is 2.89. The molecule has 146 valence electrons. The molecule has 2 aliphatic rings. The molecular formula is C22H34O4. The Bertz CT molecular complexity index is 626. The van der Waals surface area contributed by atoms with E-state index in [0.717, 1.165) is 49.7 Å². The minimum atomic E-state index is -0.791. The summed E-state index contributed by atoms with van der Waals surface area (Å²) in [5.41, 5.74) is 3.81. The number of carbonyl (C=O) groups excluding carboxylic acids is 1. The summed E-state index contributed by atoms with van der Waals surface area (Å²) in [6.07, 6.45) is 8.33. The SMILES string of the molecule is C=C1CC/C=C(\C)C[C@@H](OC(C)=O)C2=C(C(C)(C)OO)CC[C@@]2(C)CC1. The Morgan fingerprint density at radius 2 is 1.96 bits per heavy atom. The molecule has 0 fully saturated rings. The van der Waals surface area contributed by atoms with Crippen LogP contribution in [0.4, 0.5) is 0 Å². The zero-order valence-electron chi connectivity index (χ0n) is 17.0. The maximum absolute atomic E-state index is 11.9. The molecule has 0 saturated carbocycles. The van der Waals surface area contributed by atoms with Crippen molar-refractivity contribution in [3.8, 4) is 0 Å². The molecule has 0 amide bonds. The van der Waals surface area contributed by atoms with Crippen molar-refractivity contribution in [1.82, 2.24) is 0 Å². The van der Waals surface area contributed by atoms with E-state index in [0.29, 0.717) is 6.42 Å². The first kappa shape index (κ1) is 20.9. The maximum atomic E-state index is 11.9. The summed E-state index contributed by atoms with van der Waals surface area (Å²) in [6.45, 7) is 13.8. The van der Waals surface area contributed by atoms with Gasteiger partial charge in [0, 0.05) is 13.3 Å². The van der Waals surface area contributed by atoms with Gasteiger partial charge in [-0.2, -0.15) is 0 Å². The lowest BCUT2D eigenvalue weighted by Crippen LogP contribution is -2.33. The van der Waals surface area contributed by atoms with Crippen molar-refractivity contribution in [3.05, 3.63) is 34.9 Å². The van der Waals surface area contributed by atoms with Gasteiger partial charge < -0.3 is 4.74 Å². The number of rotatable bonds is 3. The summed E-state index contributed by atoms with van der Waals surface area (Å²) in [6, 6.07) is 0. The number of hydrogen-bond donors (Lipinski definition) is 1. The highest BCUT2D eigenvalue weighted by Crippen LogP contribution is 2.52. The Labute approximate surface area is 157 Å². The fraction of sp³-hybridized carbons (Fsp3) is 0.682. The van der Waals surface area contributed by atoms with Crippen molar-refractivity contribution < 1.29 is 19.7 Å².